The van der Waals surface area contributed by atoms with Crippen molar-refractivity contribution >= 4 is 49.7 Å². The van der Waals surface area contributed by atoms with Gasteiger partial charge in [-0.25, -0.2) is 4.79 Å². The Hall–Kier alpha value is -0.0603. The molecular weight excluding hydrogens is 176 g/mol. The summed E-state index contributed by atoms with van der Waals surface area (Å²) in [5.74, 6) is -1.59. The van der Waals surface area contributed by atoms with E-state index in [-0.39, 0.29) is 53.6 Å². The van der Waals surface area contributed by atoms with E-state index in [9.17, 15) is 9.59 Å². The standard InChI is InChI=1S/C6H8O4.Ca.2H/c1-2-6(9)10-4-3-5(7)8;;;/h2H,1,3-4H2,(H,7,8);;;/q;+2;2*-1. The van der Waals surface area contributed by atoms with Gasteiger partial charge in [-0.2, -0.15) is 0 Å². The summed E-state index contributed by atoms with van der Waals surface area (Å²) < 4.78 is 4.36. The van der Waals surface area contributed by atoms with Crippen LogP contribution >= 0.6 is 0 Å². The van der Waals surface area contributed by atoms with Gasteiger partial charge in [0, 0.05) is 6.08 Å². The first-order chi connectivity index (χ1) is 4.66. The Labute approximate surface area is 97.2 Å². The summed E-state index contributed by atoms with van der Waals surface area (Å²) in [5, 5.41) is 8.08. The Morgan fingerprint density at radius 3 is 2.55 bits per heavy atom. The third-order valence-electron chi connectivity index (χ3n) is 0.727. The molecule has 0 rings (SSSR count). The summed E-state index contributed by atoms with van der Waals surface area (Å²) in [6.45, 7) is 3.04. The van der Waals surface area contributed by atoms with Crippen LogP contribution in [0.3, 0.4) is 0 Å². The quantitative estimate of drug-likeness (QED) is 0.382. The molecule has 0 amide bonds. The van der Waals surface area contributed by atoms with Crippen LogP contribution in [0, 0.1) is 0 Å². The molecule has 0 aromatic carbocycles. The molecule has 0 radical (unpaired) electrons. The van der Waals surface area contributed by atoms with Gasteiger partial charge in [0.25, 0.3) is 0 Å². The van der Waals surface area contributed by atoms with Crippen LogP contribution in [0.4, 0.5) is 0 Å². The number of carbonyl (C=O) groups excluding carboxylic acids is 1. The molecule has 0 aliphatic rings. The third-order valence-corrected chi connectivity index (χ3v) is 0.727. The number of esters is 1. The Morgan fingerprint density at radius 2 is 2.18 bits per heavy atom. The zero-order chi connectivity index (χ0) is 7.98. The predicted octanol–water partition coefficient (Wildman–Crippen LogP) is 0.0345. The second kappa shape index (κ2) is 8.04. The number of ether oxygens (including phenoxy) is 1. The zero-order valence-corrected chi connectivity index (χ0v) is 8.29. The van der Waals surface area contributed by atoms with Crippen LogP contribution in [0.15, 0.2) is 12.7 Å². The molecule has 0 aliphatic heterocycles. The molecule has 0 saturated carbocycles. The van der Waals surface area contributed by atoms with Crippen molar-refractivity contribution in [2.24, 2.45) is 0 Å². The van der Waals surface area contributed by atoms with Crippen LogP contribution in [0.2, 0.25) is 0 Å². The van der Waals surface area contributed by atoms with E-state index in [0.29, 0.717) is 0 Å². The first-order valence-corrected chi connectivity index (χ1v) is 2.68. The number of rotatable bonds is 4. The molecule has 5 heteroatoms. The van der Waals surface area contributed by atoms with Gasteiger partial charge in [0.15, 0.2) is 0 Å². The van der Waals surface area contributed by atoms with E-state index in [1.54, 1.807) is 0 Å². The monoisotopic (exact) mass is 186 g/mol. The molecule has 11 heavy (non-hydrogen) atoms. The van der Waals surface area contributed by atoms with E-state index in [1.165, 1.54) is 0 Å². The summed E-state index contributed by atoms with van der Waals surface area (Å²) >= 11 is 0. The van der Waals surface area contributed by atoms with Gasteiger partial charge in [-0.15, -0.1) is 0 Å². The SMILES string of the molecule is C=CC(=O)OCCC(=O)O.[Ca+2].[H-].[H-]. The fraction of sp³-hybridized carbons (Fsp3) is 0.333. The summed E-state index contributed by atoms with van der Waals surface area (Å²) in [4.78, 5) is 20.1. The molecule has 0 heterocycles. The van der Waals surface area contributed by atoms with Crippen LogP contribution in [-0.2, 0) is 14.3 Å². The molecule has 4 nitrogen and oxygen atoms in total. The molecule has 0 aromatic heterocycles. The van der Waals surface area contributed by atoms with Crippen molar-refractivity contribution in [2.75, 3.05) is 6.61 Å². The maximum atomic E-state index is 10.3. The Bertz CT molecular complexity index is 163. The summed E-state index contributed by atoms with van der Waals surface area (Å²) in [7, 11) is 0. The fourth-order valence-electron chi connectivity index (χ4n) is 0.298. The van der Waals surface area contributed by atoms with Crippen molar-refractivity contribution in [3.8, 4) is 0 Å². The number of carboxylic acids is 1. The van der Waals surface area contributed by atoms with Crippen molar-refractivity contribution in [1.29, 1.82) is 0 Å². The van der Waals surface area contributed by atoms with Crippen LogP contribution < -0.4 is 0 Å². The average molecular weight is 186 g/mol. The van der Waals surface area contributed by atoms with E-state index in [1.807, 2.05) is 0 Å². The Balaban J connectivity index is -0.000000135. The van der Waals surface area contributed by atoms with Crippen molar-refractivity contribution < 1.29 is 22.3 Å². The number of aliphatic carboxylic acids is 1. The minimum atomic E-state index is -0.989. The fourth-order valence-corrected chi connectivity index (χ4v) is 0.298. The number of hydrogen-bond acceptors (Lipinski definition) is 3. The number of carboxylic acid groups (broad SMARTS) is 1. The normalized spacial score (nSPS) is 7.64. The number of carbonyl (C=O) groups is 2. The summed E-state index contributed by atoms with van der Waals surface area (Å²) in [5.41, 5.74) is 0. The van der Waals surface area contributed by atoms with Crippen molar-refractivity contribution in [1.82, 2.24) is 0 Å². The Kier molecular flexibility index (Phi) is 9.89. The van der Waals surface area contributed by atoms with Gasteiger partial charge in [0.05, 0.1) is 6.42 Å². The smallest absolute Gasteiger partial charge is 1.00 e. The minimum absolute atomic E-state index is 0. The molecular formula is C6H10CaO4. The molecule has 0 atom stereocenters. The van der Waals surface area contributed by atoms with Gasteiger partial charge in [-0.05, 0) is 0 Å². The first kappa shape index (κ1) is 13.5. The van der Waals surface area contributed by atoms with E-state index in [0.717, 1.165) is 6.08 Å². The Morgan fingerprint density at radius 1 is 1.64 bits per heavy atom. The van der Waals surface area contributed by atoms with Gasteiger partial charge < -0.3 is 12.7 Å². The van der Waals surface area contributed by atoms with Gasteiger partial charge in [0.2, 0.25) is 0 Å². The van der Waals surface area contributed by atoms with E-state index >= 15 is 0 Å². The number of hydrogen-bond donors (Lipinski definition) is 1. The first-order valence-electron chi connectivity index (χ1n) is 2.68. The summed E-state index contributed by atoms with van der Waals surface area (Å²) in [6, 6.07) is 0. The predicted molar refractivity (Wildman–Crippen MR) is 41.4 cm³/mol. The molecule has 0 fully saturated rings. The van der Waals surface area contributed by atoms with Gasteiger partial charge in [-0.3, -0.25) is 4.79 Å². The molecule has 0 saturated heterocycles. The van der Waals surface area contributed by atoms with Gasteiger partial charge in [-0.1, -0.05) is 6.58 Å². The minimum Gasteiger partial charge on any atom is -1.00 e. The molecule has 0 spiro atoms. The van der Waals surface area contributed by atoms with E-state index in [4.69, 9.17) is 5.11 Å². The maximum Gasteiger partial charge on any atom is 2.00 e. The molecule has 0 aromatic rings. The average Bonchev–Trinajstić information content (AvgIpc) is 1.87. The molecule has 1 N–H and O–H groups in total. The van der Waals surface area contributed by atoms with Crippen LogP contribution in [0.1, 0.15) is 9.27 Å². The van der Waals surface area contributed by atoms with Crippen molar-refractivity contribution in [3.05, 3.63) is 12.7 Å². The zero-order valence-electron chi connectivity index (χ0n) is 8.08. The van der Waals surface area contributed by atoms with Crippen LogP contribution in [-0.4, -0.2) is 61.4 Å². The van der Waals surface area contributed by atoms with Crippen LogP contribution in [0.5, 0.6) is 0 Å². The summed E-state index contributed by atoms with van der Waals surface area (Å²) in [6.07, 6.45) is 0.821. The molecule has 0 bridgehead atoms. The largest absolute Gasteiger partial charge is 2.00 e. The topological polar surface area (TPSA) is 63.6 Å². The molecule has 0 unspecified atom stereocenters. The maximum absolute atomic E-state index is 10.3. The van der Waals surface area contributed by atoms with Crippen molar-refractivity contribution in [2.45, 2.75) is 6.42 Å². The van der Waals surface area contributed by atoms with E-state index in [2.05, 4.69) is 11.3 Å². The van der Waals surface area contributed by atoms with Gasteiger partial charge >= 0.3 is 49.7 Å². The molecule has 60 valence electrons. The van der Waals surface area contributed by atoms with Crippen LogP contribution in [0.25, 0.3) is 0 Å². The molecule has 0 aliphatic carbocycles. The second-order valence-corrected chi connectivity index (χ2v) is 1.52. The second-order valence-electron chi connectivity index (χ2n) is 1.52. The van der Waals surface area contributed by atoms with E-state index < -0.39 is 11.9 Å². The van der Waals surface area contributed by atoms with Crippen molar-refractivity contribution in [3.63, 3.8) is 0 Å². The third kappa shape index (κ3) is 9.94. The van der Waals surface area contributed by atoms with Gasteiger partial charge in [0.1, 0.15) is 6.61 Å².